The van der Waals surface area contributed by atoms with E-state index in [0.717, 1.165) is 21.7 Å². The molecule has 0 aliphatic heterocycles. The summed E-state index contributed by atoms with van der Waals surface area (Å²) in [6.07, 6.45) is 0. The lowest BCUT2D eigenvalue weighted by atomic mass is 10.2. The molecule has 2 aromatic heterocycles. The van der Waals surface area contributed by atoms with E-state index in [9.17, 15) is 4.79 Å². The molecule has 5 nitrogen and oxygen atoms in total. The van der Waals surface area contributed by atoms with Crippen LogP contribution in [0, 0.1) is 0 Å². The Hall–Kier alpha value is -2.34. The number of H-pyrrole nitrogens is 1. The maximum absolute atomic E-state index is 12.6. The van der Waals surface area contributed by atoms with Crippen LogP contribution in [0.2, 0.25) is 0 Å². The average Bonchev–Trinajstić information content (AvgIpc) is 2.99. The molecule has 0 aliphatic rings. The predicted molar refractivity (Wildman–Crippen MR) is 105 cm³/mol. The summed E-state index contributed by atoms with van der Waals surface area (Å²) >= 11 is 1.46. The lowest BCUT2D eigenvalue weighted by Gasteiger charge is -2.31. The normalized spacial score (nSPS) is 11.5. The van der Waals surface area contributed by atoms with Crippen LogP contribution in [0.25, 0.3) is 20.7 Å². The van der Waals surface area contributed by atoms with Gasteiger partial charge in [-0.2, -0.15) is 0 Å². The number of anilines is 1. The van der Waals surface area contributed by atoms with E-state index in [1.54, 1.807) is 7.11 Å². The van der Waals surface area contributed by atoms with Gasteiger partial charge in [-0.15, -0.1) is 11.3 Å². The second-order valence-corrected chi connectivity index (χ2v) is 7.59. The largest absolute Gasteiger partial charge is 0.497 e. The molecule has 0 radical (unpaired) electrons. The first-order valence-corrected chi connectivity index (χ1v) is 9.19. The quantitative estimate of drug-likeness (QED) is 0.740. The highest BCUT2D eigenvalue weighted by atomic mass is 32.1. The highest BCUT2D eigenvalue weighted by Gasteiger charge is 2.19. The number of rotatable bonds is 5. The van der Waals surface area contributed by atoms with Crippen molar-refractivity contribution < 1.29 is 4.74 Å². The van der Waals surface area contributed by atoms with Crippen LogP contribution in [0.15, 0.2) is 35.1 Å². The van der Waals surface area contributed by atoms with E-state index in [-0.39, 0.29) is 17.6 Å². The van der Waals surface area contributed by atoms with Crippen LogP contribution >= 0.6 is 11.3 Å². The zero-order valence-electron chi connectivity index (χ0n) is 15.2. The molecule has 3 aromatic rings. The van der Waals surface area contributed by atoms with Crippen molar-refractivity contribution >= 4 is 27.5 Å². The summed E-state index contributed by atoms with van der Waals surface area (Å²) in [5.74, 6) is 1.44. The molecule has 2 heterocycles. The number of nitrogens with zero attached hydrogens (tertiary/aromatic N) is 2. The lowest BCUT2D eigenvalue weighted by molar-refractivity contribution is 0.415. The molecule has 0 saturated heterocycles. The van der Waals surface area contributed by atoms with Gasteiger partial charge >= 0.3 is 0 Å². The fourth-order valence-electron chi connectivity index (χ4n) is 3.03. The maximum atomic E-state index is 12.6. The highest BCUT2D eigenvalue weighted by Crippen LogP contribution is 2.32. The van der Waals surface area contributed by atoms with E-state index in [1.807, 2.05) is 30.3 Å². The molecule has 3 rings (SSSR count). The Kier molecular flexibility index (Phi) is 4.81. The van der Waals surface area contributed by atoms with E-state index < -0.39 is 0 Å². The topological polar surface area (TPSA) is 58.2 Å². The Morgan fingerprint density at radius 1 is 1.12 bits per heavy atom. The van der Waals surface area contributed by atoms with Crippen molar-refractivity contribution in [1.29, 1.82) is 0 Å². The van der Waals surface area contributed by atoms with Gasteiger partial charge in [0.25, 0.3) is 5.56 Å². The van der Waals surface area contributed by atoms with Gasteiger partial charge in [-0.3, -0.25) is 9.78 Å². The molecule has 25 heavy (non-hydrogen) atoms. The molecule has 0 aliphatic carbocycles. The molecule has 0 fully saturated rings. The van der Waals surface area contributed by atoms with Crippen molar-refractivity contribution in [2.24, 2.45) is 0 Å². The number of hydrogen-bond acceptors (Lipinski definition) is 5. The average molecular weight is 357 g/mol. The third-order valence-electron chi connectivity index (χ3n) is 4.10. The van der Waals surface area contributed by atoms with Gasteiger partial charge in [0.05, 0.1) is 12.6 Å². The van der Waals surface area contributed by atoms with Gasteiger partial charge in [0, 0.05) is 17.0 Å². The smallest absolute Gasteiger partial charge is 0.270 e. The fourth-order valence-corrected chi connectivity index (χ4v) is 4.03. The van der Waals surface area contributed by atoms with Crippen LogP contribution in [-0.2, 0) is 0 Å². The third kappa shape index (κ3) is 3.39. The summed E-state index contributed by atoms with van der Waals surface area (Å²) in [4.78, 5) is 23.4. The molecule has 6 heteroatoms. The fraction of sp³-hybridized carbons (Fsp3) is 0.368. The number of benzene rings is 1. The first-order chi connectivity index (χ1) is 11.9. The van der Waals surface area contributed by atoms with Gasteiger partial charge < -0.3 is 9.64 Å². The summed E-state index contributed by atoms with van der Waals surface area (Å²) in [6, 6.07) is 10.3. The number of aromatic nitrogens is 2. The summed E-state index contributed by atoms with van der Waals surface area (Å²) in [5, 5.41) is 0. The highest BCUT2D eigenvalue weighted by molar-refractivity contribution is 7.22. The standard InChI is InChI=1S/C19H23N3O2S/c1-11(2)22(12(3)4)19-20-15-10-16(25-17(15)18(23)21-19)13-6-8-14(24-5)9-7-13/h6-12H,1-5H3,(H,20,21,23). The van der Waals surface area contributed by atoms with Crippen molar-refractivity contribution in [2.45, 2.75) is 39.8 Å². The monoisotopic (exact) mass is 357 g/mol. The molecule has 1 aromatic carbocycles. The Morgan fingerprint density at radius 3 is 2.32 bits per heavy atom. The first-order valence-electron chi connectivity index (χ1n) is 8.37. The summed E-state index contributed by atoms with van der Waals surface area (Å²) in [5.41, 5.74) is 1.70. The van der Waals surface area contributed by atoms with E-state index >= 15 is 0 Å². The van der Waals surface area contributed by atoms with Crippen LogP contribution in [0.3, 0.4) is 0 Å². The zero-order chi connectivity index (χ0) is 18.1. The molecule has 0 bridgehead atoms. The van der Waals surface area contributed by atoms with Crippen molar-refractivity contribution in [3.05, 3.63) is 40.7 Å². The minimum Gasteiger partial charge on any atom is -0.497 e. The number of methoxy groups -OCH3 is 1. The molecule has 0 amide bonds. The summed E-state index contributed by atoms with van der Waals surface area (Å²) in [6.45, 7) is 8.39. The number of fused-ring (bicyclic) bond motifs is 1. The van der Waals surface area contributed by atoms with Crippen molar-refractivity contribution in [2.75, 3.05) is 12.0 Å². The minimum absolute atomic E-state index is 0.0870. The molecular formula is C19H23N3O2S. The first kappa shape index (κ1) is 17.5. The predicted octanol–water partition coefficient (Wildman–Crippen LogP) is 4.28. The van der Waals surface area contributed by atoms with Crippen molar-refractivity contribution in [3.63, 3.8) is 0 Å². The molecule has 132 valence electrons. The van der Waals surface area contributed by atoms with Gasteiger partial charge in [-0.1, -0.05) is 0 Å². The van der Waals surface area contributed by atoms with Crippen LogP contribution in [0.5, 0.6) is 5.75 Å². The van der Waals surface area contributed by atoms with E-state index in [4.69, 9.17) is 9.72 Å². The van der Waals surface area contributed by atoms with E-state index in [2.05, 4.69) is 37.6 Å². The van der Waals surface area contributed by atoms with Crippen LogP contribution in [0.4, 0.5) is 5.95 Å². The second kappa shape index (κ2) is 6.88. The Balaban J connectivity index is 2.08. The Bertz CT molecular complexity index is 918. The molecule has 0 atom stereocenters. The van der Waals surface area contributed by atoms with Gasteiger partial charge in [-0.05, 0) is 63.6 Å². The van der Waals surface area contributed by atoms with Crippen LogP contribution < -0.4 is 15.2 Å². The van der Waals surface area contributed by atoms with E-state index in [1.165, 1.54) is 11.3 Å². The minimum atomic E-state index is -0.0870. The van der Waals surface area contributed by atoms with Crippen molar-refractivity contribution in [1.82, 2.24) is 9.97 Å². The van der Waals surface area contributed by atoms with Gasteiger partial charge in [0.1, 0.15) is 10.4 Å². The van der Waals surface area contributed by atoms with Gasteiger partial charge in [0.2, 0.25) is 5.95 Å². The molecule has 1 N–H and O–H groups in total. The number of hydrogen-bond donors (Lipinski definition) is 1. The van der Waals surface area contributed by atoms with Crippen molar-refractivity contribution in [3.8, 4) is 16.2 Å². The lowest BCUT2D eigenvalue weighted by Crippen LogP contribution is -2.39. The van der Waals surface area contributed by atoms with Gasteiger partial charge in [0.15, 0.2) is 0 Å². The molecule has 0 saturated carbocycles. The van der Waals surface area contributed by atoms with Crippen LogP contribution in [-0.4, -0.2) is 29.2 Å². The third-order valence-corrected chi connectivity index (χ3v) is 5.27. The zero-order valence-corrected chi connectivity index (χ0v) is 16.0. The molecule has 0 unspecified atom stereocenters. The second-order valence-electron chi connectivity index (χ2n) is 6.54. The molecule has 0 spiro atoms. The Labute approximate surface area is 151 Å². The SMILES string of the molecule is COc1ccc(-c2cc3nc(N(C(C)C)C(C)C)[nH]c(=O)c3s2)cc1. The number of thiophene rings is 1. The number of aromatic amines is 1. The maximum Gasteiger partial charge on any atom is 0.270 e. The summed E-state index contributed by atoms with van der Waals surface area (Å²) < 4.78 is 5.86. The van der Waals surface area contributed by atoms with E-state index in [0.29, 0.717) is 10.6 Å². The Morgan fingerprint density at radius 2 is 1.76 bits per heavy atom. The molecular weight excluding hydrogens is 334 g/mol. The summed E-state index contributed by atoms with van der Waals surface area (Å²) in [7, 11) is 1.65. The van der Waals surface area contributed by atoms with Gasteiger partial charge in [-0.25, -0.2) is 4.98 Å². The number of ether oxygens (including phenoxy) is 1. The number of nitrogens with one attached hydrogen (secondary N) is 1. The van der Waals surface area contributed by atoms with Crippen LogP contribution in [0.1, 0.15) is 27.7 Å².